The lowest BCUT2D eigenvalue weighted by Crippen LogP contribution is -2.30. The van der Waals surface area contributed by atoms with Gasteiger partial charge in [-0.25, -0.2) is 4.79 Å². The summed E-state index contributed by atoms with van der Waals surface area (Å²) in [6.45, 7) is 5.52. The van der Waals surface area contributed by atoms with Crippen LogP contribution in [-0.2, 0) is 11.2 Å². The van der Waals surface area contributed by atoms with E-state index in [1.165, 1.54) is 16.7 Å². The molecule has 0 bridgehead atoms. The summed E-state index contributed by atoms with van der Waals surface area (Å²) < 4.78 is 0. The second kappa shape index (κ2) is 10.6. The molecule has 5 nitrogen and oxygen atoms in total. The van der Waals surface area contributed by atoms with E-state index in [9.17, 15) is 9.59 Å². The van der Waals surface area contributed by atoms with Gasteiger partial charge in [-0.15, -0.1) is 0 Å². The number of nitrogens with two attached hydrogens (primary N) is 1. The van der Waals surface area contributed by atoms with Crippen molar-refractivity contribution >= 4 is 11.9 Å². The number of hydrogen-bond acceptors (Lipinski definition) is 2. The first-order valence-electron chi connectivity index (χ1n) is 8.35. The summed E-state index contributed by atoms with van der Waals surface area (Å²) in [4.78, 5) is 22.2. The molecule has 0 heterocycles. The van der Waals surface area contributed by atoms with Gasteiger partial charge in [-0.2, -0.15) is 0 Å². The molecule has 0 radical (unpaired) electrons. The summed E-state index contributed by atoms with van der Waals surface area (Å²) >= 11 is 0. The van der Waals surface area contributed by atoms with Gasteiger partial charge in [-0.3, -0.25) is 4.79 Å². The highest BCUT2D eigenvalue weighted by molar-refractivity contribution is 5.75. The molecule has 0 aliphatic carbocycles. The molecule has 0 spiro atoms. The molecule has 128 valence electrons. The van der Waals surface area contributed by atoms with E-state index in [1.807, 2.05) is 0 Å². The molecule has 0 aliphatic heterocycles. The summed E-state index contributed by atoms with van der Waals surface area (Å²) in [5.74, 6) is 0.105. The Hall–Kier alpha value is -2.04. The first-order valence-corrected chi connectivity index (χ1v) is 8.35. The first-order chi connectivity index (χ1) is 11.0. The van der Waals surface area contributed by atoms with Gasteiger partial charge in [0.05, 0.1) is 0 Å². The number of primary amides is 1. The van der Waals surface area contributed by atoms with Gasteiger partial charge in [0.25, 0.3) is 0 Å². The van der Waals surface area contributed by atoms with Gasteiger partial charge in [0.1, 0.15) is 0 Å². The maximum Gasteiger partial charge on any atom is 0.312 e. The average Bonchev–Trinajstić information content (AvgIpc) is 2.48. The van der Waals surface area contributed by atoms with E-state index in [2.05, 4.69) is 42.7 Å². The minimum Gasteiger partial charge on any atom is -0.356 e. The smallest absolute Gasteiger partial charge is 0.312 e. The number of urea groups is 1. The average molecular weight is 319 g/mol. The highest BCUT2D eigenvalue weighted by Crippen LogP contribution is 2.12. The lowest BCUT2D eigenvalue weighted by Gasteiger charge is -2.08. The van der Waals surface area contributed by atoms with Crippen LogP contribution in [0, 0.1) is 13.8 Å². The van der Waals surface area contributed by atoms with E-state index in [0.29, 0.717) is 13.0 Å². The van der Waals surface area contributed by atoms with Crippen LogP contribution in [0.1, 0.15) is 48.8 Å². The maximum absolute atomic E-state index is 11.7. The molecule has 1 rings (SSSR count). The number of benzene rings is 1. The summed E-state index contributed by atoms with van der Waals surface area (Å²) in [6.07, 6.45) is 5.09. The fourth-order valence-electron chi connectivity index (χ4n) is 2.52. The minimum absolute atomic E-state index is 0.105. The molecule has 0 saturated heterocycles. The van der Waals surface area contributed by atoms with Gasteiger partial charge < -0.3 is 16.4 Å². The molecule has 1 aromatic rings. The summed E-state index contributed by atoms with van der Waals surface area (Å²) in [7, 11) is 0. The predicted molar refractivity (Wildman–Crippen MR) is 93.3 cm³/mol. The van der Waals surface area contributed by atoms with Crippen LogP contribution in [0.3, 0.4) is 0 Å². The van der Waals surface area contributed by atoms with Gasteiger partial charge in [-0.1, -0.05) is 30.2 Å². The van der Waals surface area contributed by atoms with E-state index < -0.39 is 6.03 Å². The third kappa shape index (κ3) is 8.86. The Morgan fingerprint density at radius 2 is 1.74 bits per heavy atom. The van der Waals surface area contributed by atoms with E-state index >= 15 is 0 Å². The Morgan fingerprint density at radius 1 is 1.00 bits per heavy atom. The van der Waals surface area contributed by atoms with Crippen LogP contribution in [0.4, 0.5) is 4.79 Å². The number of amides is 3. The van der Waals surface area contributed by atoms with E-state index in [1.54, 1.807) is 0 Å². The van der Waals surface area contributed by atoms with Crippen LogP contribution in [0.2, 0.25) is 0 Å². The lowest BCUT2D eigenvalue weighted by atomic mass is 10.0. The monoisotopic (exact) mass is 319 g/mol. The van der Waals surface area contributed by atoms with Crippen LogP contribution < -0.4 is 16.4 Å². The highest BCUT2D eigenvalue weighted by atomic mass is 16.2. The van der Waals surface area contributed by atoms with Crippen molar-refractivity contribution in [2.75, 3.05) is 13.1 Å². The number of rotatable bonds is 10. The number of aryl methyl sites for hydroxylation is 3. The molecule has 3 amide bonds. The number of nitrogens with one attached hydrogen (secondary N) is 2. The zero-order valence-electron chi connectivity index (χ0n) is 14.3. The van der Waals surface area contributed by atoms with Gasteiger partial charge >= 0.3 is 6.03 Å². The second-order valence-electron chi connectivity index (χ2n) is 5.99. The molecule has 1 aromatic carbocycles. The van der Waals surface area contributed by atoms with Crippen molar-refractivity contribution in [3.05, 3.63) is 34.9 Å². The summed E-state index contributed by atoms with van der Waals surface area (Å²) in [5.41, 5.74) is 8.92. The Morgan fingerprint density at radius 3 is 2.43 bits per heavy atom. The number of unbranched alkanes of at least 4 members (excludes halogenated alkanes) is 2. The van der Waals surface area contributed by atoms with Crippen molar-refractivity contribution in [1.29, 1.82) is 0 Å². The standard InChI is InChI=1S/C18H29N3O2/c1-14-9-10-16(15(2)13-14)7-6-12-20-17(22)8-4-3-5-11-21-18(19)23/h9-10,13H,3-8,11-12H2,1-2H3,(H,20,22)(H3,19,21,23). The Labute approximate surface area is 139 Å². The van der Waals surface area contributed by atoms with Crippen LogP contribution in [0.15, 0.2) is 18.2 Å². The van der Waals surface area contributed by atoms with E-state index in [-0.39, 0.29) is 5.91 Å². The minimum atomic E-state index is -0.494. The van der Waals surface area contributed by atoms with Crippen molar-refractivity contribution in [1.82, 2.24) is 10.6 Å². The SMILES string of the molecule is Cc1ccc(CCCNC(=O)CCCCCNC(N)=O)c(C)c1. The largest absolute Gasteiger partial charge is 0.356 e. The quantitative estimate of drug-likeness (QED) is 0.579. The van der Waals surface area contributed by atoms with Crippen molar-refractivity contribution < 1.29 is 9.59 Å². The summed E-state index contributed by atoms with van der Waals surface area (Å²) in [5, 5.41) is 5.50. The number of hydrogen-bond donors (Lipinski definition) is 3. The fourth-order valence-corrected chi connectivity index (χ4v) is 2.52. The van der Waals surface area contributed by atoms with E-state index in [0.717, 1.165) is 38.6 Å². The maximum atomic E-state index is 11.7. The molecule has 0 aliphatic rings. The zero-order valence-corrected chi connectivity index (χ0v) is 14.3. The van der Waals surface area contributed by atoms with Gasteiger partial charge in [0.2, 0.25) is 5.91 Å². The molecule has 0 saturated carbocycles. The number of carbonyl (C=O) groups excluding carboxylic acids is 2. The Bertz CT molecular complexity index is 515. The molecule has 0 aromatic heterocycles. The Balaban J connectivity index is 2.04. The van der Waals surface area contributed by atoms with E-state index in [4.69, 9.17) is 5.73 Å². The molecular formula is C18H29N3O2. The molecule has 0 unspecified atom stereocenters. The zero-order chi connectivity index (χ0) is 17.1. The molecule has 23 heavy (non-hydrogen) atoms. The van der Waals surface area contributed by atoms with Crippen molar-refractivity contribution in [3.8, 4) is 0 Å². The molecule has 5 heteroatoms. The van der Waals surface area contributed by atoms with Crippen molar-refractivity contribution in [2.24, 2.45) is 5.73 Å². The normalized spacial score (nSPS) is 10.3. The predicted octanol–water partition coefficient (Wildman–Crippen LogP) is 2.58. The third-order valence-corrected chi connectivity index (χ3v) is 3.82. The van der Waals surface area contributed by atoms with Crippen LogP contribution in [0.25, 0.3) is 0 Å². The second-order valence-corrected chi connectivity index (χ2v) is 5.99. The molecule has 0 fully saturated rings. The fraction of sp³-hybridized carbons (Fsp3) is 0.556. The first kappa shape index (κ1) is 19.0. The van der Waals surface area contributed by atoms with Crippen LogP contribution in [-0.4, -0.2) is 25.0 Å². The Kier molecular flexibility index (Phi) is 8.80. The molecule has 0 atom stereocenters. The molecular weight excluding hydrogens is 290 g/mol. The third-order valence-electron chi connectivity index (χ3n) is 3.82. The van der Waals surface area contributed by atoms with Crippen LogP contribution in [0.5, 0.6) is 0 Å². The molecule has 4 N–H and O–H groups in total. The van der Waals surface area contributed by atoms with Crippen molar-refractivity contribution in [2.45, 2.75) is 52.4 Å². The van der Waals surface area contributed by atoms with Gasteiger partial charge in [0, 0.05) is 19.5 Å². The van der Waals surface area contributed by atoms with Crippen molar-refractivity contribution in [3.63, 3.8) is 0 Å². The lowest BCUT2D eigenvalue weighted by molar-refractivity contribution is -0.121. The highest BCUT2D eigenvalue weighted by Gasteiger charge is 2.02. The van der Waals surface area contributed by atoms with Crippen LogP contribution >= 0.6 is 0 Å². The topological polar surface area (TPSA) is 84.2 Å². The van der Waals surface area contributed by atoms with Gasteiger partial charge in [-0.05, 0) is 50.7 Å². The number of carbonyl (C=O) groups is 2. The summed E-state index contributed by atoms with van der Waals surface area (Å²) in [6, 6.07) is 6.01. The van der Waals surface area contributed by atoms with Gasteiger partial charge in [0.15, 0.2) is 0 Å².